The lowest BCUT2D eigenvalue weighted by molar-refractivity contribution is -0.142. The van der Waals surface area contributed by atoms with Gasteiger partial charge in [-0.3, -0.25) is 14.4 Å². The van der Waals surface area contributed by atoms with E-state index in [1.807, 2.05) is 24.3 Å². The summed E-state index contributed by atoms with van der Waals surface area (Å²) in [7, 11) is 1.58. The van der Waals surface area contributed by atoms with Gasteiger partial charge < -0.3 is 20.1 Å². The Morgan fingerprint density at radius 3 is 2.50 bits per heavy atom. The predicted octanol–water partition coefficient (Wildman–Crippen LogP) is 4.43. The topological polar surface area (TPSA) is 121 Å². The van der Waals surface area contributed by atoms with Crippen molar-refractivity contribution in [3.05, 3.63) is 70.0 Å². The molecule has 6 rings (SSSR count). The van der Waals surface area contributed by atoms with Crippen molar-refractivity contribution in [3.8, 4) is 11.5 Å². The van der Waals surface area contributed by atoms with E-state index in [1.54, 1.807) is 20.1 Å². The number of phenolic OH excluding ortho intramolecular Hbond substituents is 1. The van der Waals surface area contributed by atoms with E-state index < -0.39 is 40.5 Å². The largest absolute Gasteiger partial charge is 0.508 e. The van der Waals surface area contributed by atoms with Gasteiger partial charge in [0.2, 0.25) is 5.78 Å². The van der Waals surface area contributed by atoms with Crippen LogP contribution in [0.25, 0.3) is 21.5 Å². The molecule has 3 aromatic rings. The number of aromatic hydroxyl groups is 1. The third-order valence-corrected chi connectivity index (χ3v) is 8.16. The zero-order valence-corrected chi connectivity index (χ0v) is 20.0. The molecule has 0 aromatic heterocycles. The third kappa shape index (κ3) is 2.63. The molecule has 3 aliphatic rings. The van der Waals surface area contributed by atoms with Gasteiger partial charge in [0.25, 0.3) is 0 Å². The molecule has 0 fully saturated rings. The number of Topliss-reactive ketones (excluding diaryl/α,β-unsaturated/α-hetero) is 3. The zero-order valence-electron chi connectivity index (χ0n) is 20.0. The minimum atomic E-state index is -2.37. The fraction of sp³-hybridized carbons (Fsp3) is 0.276. The number of carbonyl (C=O) groups is 3. The SMILES string of the molecule is COc1ccc2c(c1)cc1c3c(c(O)ccc32)C(=O)C2=C(O)[C@@]3(O)C(=O)C(C(C)=O)=C(C)C[C@H]3C[C@H]21. The fourth-order valence-corrected chi connectivity index (χ4v) is 6.55. The molecule has 7 nitrogen and oxygen atoms in total. The summed E-state index contributed by atoms with van der Waals surface area (Å²) in [5.41, 5.74) is -1.29. The maximum absolute atomic E-state index is 13.8. The van der Waals surface area contributed by atoms with E-state index in [0.717, 1.165) is 21.7 Å². The highest BCUT2D eigenvalue weighted by Gasteiger charge is 2.59. The molecule has 0 heterocycles. The van der Waals surface area contributed by atoms with E-state index >= 15 is 0 Å². The van der Waals surface area contributed by atoms with Gasteiger partial charge in [-0.05, 0) is 72.7 Å². The first-order chi connectivity index (χ1) is 17.1. The maximum Gasteiger partial charge on any atom is 0.205 e. The Morgan fingerprint density at radius 2 is 1.81 bits per heavy atom. The highest BCUT2D eigenvalue weighted by Crippen LogP contribution is 2.56. The molecule has 3 atom stereocenters. The molecule has 3 aromatic carbocycles. The minimum absolute atomic E-state index is 0.0295. The van der Waals surface area contributed by atoms with Crippen LogP contribution in [0.5, 0.6) is 11.5 Å². The first kappa shape index (κ1) is 22.5. The van der Waals surface area contributed by atoms with Gasteiger partial charge in [-0.2, -0.15) is 0 Å². The van der Waals surface area contributed by atoms with Gasteiger partial charge in [-0.25, -0.2) is 0 Å². The van der Waals surface area contributed by atoms with Gasteiger partial charge in [0.1, 0.15) is 17.3 Å². The summed E-state index contributed by atoms with van der Waals surface area (Å²) in [6.45, 7) is 2.93. The average Bonchev–Trinajstić information content (AvgIpc) is 2.84. The number of methoxy groups -OCH3 is 1. The number of aliphatic hydroxyl groups excluding tert-OH is 1. The Balaban J connectivity index is 1.68. The van der Waals surface area contributed by atoms with Crippen molar-refractivity contribution in [1.82, 2.24) is 0 Å². The summed E-state index contributed by atoms with van der Waals surface area (Å²) in [5, 5.41) is 36.9. The first-order valence-electron chi connectivity index (χ1n) is 11.8. The number of phenols is 1. The van der Waals surface area contributed by atoms with E-state index in [0.29, 0.717) is 16.7 Å². The molecule has 182 valence electrons. The molecule has 0 radical (unpaired) electrons. The van der Waals surface area contributed by atoms with Crippen molar-refractivity contribution in [2.45, 2.75) is 38.2 Å². The van der Waals surface area contributed by atoms with Crippen molar-refractivity contribution in [1.29, 1.82) is 0 Å². The van der Waals surface area contributed by atoms with Gasteiger partial charge in [-0.1, -0.05) is 17.7 Å². The van der Waals surface area contributed by atoms with Crippen LogP contribution < -0.4 is 4.74 Å². The highest BCUT2D eigenvalue weighted by atomic mass is 16.5. The van der Waals surface area contributed by atoms with E-state index in [9.17, 15) is 29.7 Å². The molecule has 3 N–H and O–H groups in total. The summed E-state index contributed by atoms with van der Waals surface area (Å²) in [4.78, 5) is 39.4. The molecule has 0 unspecified atom stereocenters. The summed E-state index contributed by atoms with van der Waals surface area (Å²) in [6.07, 6.45) is 0.451. The number of ether oxygens (including phenoxy) is 1. The number of benzene rings is 3. The number of allylic oxidation sites excluding steroid dienone is 2. The Labute approximate surface area is 206 Å². The molecule has 36 heavy (non-hydrogen) atoms. The summed E-state index contributed by atoms with van der Waals surface area (Å²) in [5.74, 6) is -3.63. The van der Waals surface area contributed by atoms with E-state index in [1.165, 1.54) is 13.0 Å². The lowest BCUT2D eigenvalue weighted by Gasteiger charge is -2.46. The Kier molecular flexibility index (Phi) is 4.54. The second kappa shape index (κ2) is 7.27. The number of carbonyl (C=O) groups excluding carboxylic acids is 3. The molecular weight excluding hydrogens is 460 g/mol. The molecule has 0 aliphatic heterocycles. The first-order valence-corrected chi connectivity index (χ1v) is 11.8. The Hall–Kier alpha value is -3.97. The number of hydrogen-bond acceptors (Lipinski definition) is 7. The quantitative estimate of drug-likeness (QED) is 0.363. The molecule has 0 saturated heterocycles. The smallest absolute Gasteiger partial charge is 0.205 e. The molecule has 3 aliphatic carbocycles. The zero-order chi connectivity index (χ0) is 25.7. The Morgan fingerprint density at radius 1 is 1.08 bits per heavy atom. The number of fused-ring (bicyclic) bond motifs is 5. The molecule has 0 bridgehead atoms. The van der Waals surface area contributed by atoms with Crippen molar-refractivity contribution >= 4 is 38.9 Å². The number of hydrogen-bond donors (Lipinski definition) is 3. The fourth-order valence-electron chi connectivity index (χ4n) is 6.55. The maximum atomic E-state index is 13.8. The van der Waals surface area contributed by atoms with Crippen LogP contribution in [0.2, 0.25) is 0 Å². The number of rotatable bonds is 2. The second-order valence-corrected chi connectivity index (χ2v) is 10.0. The van der Waals surface area contributed by atoms with Crippen LogP contribution in [0.4, 0.5) is 0 Å². The normalized spacial score (nSPS) is 25.3. The van der Waals surface area contributed by atoms with Gasteiger partial charge in [0, 0.05) is 22.8 Å². The van der Waals surface area contributed by atoms with Crippen molar-refractivity contribution < 1.29 is 34.4 Å². The molecule has 0 spiro atoms. The lowest BCUT2D eigenvalue weighted by atomic mass is 9.59. The van der Waals surface area contributed by atoms with Crippen LogP contribution in [-0.2, 0) is 9.59 Å². The molecular formula is C29H24O7. The minimum Gasteiger partial charge on any atom is -0.508 e. The van der Waals surface area contributed by atoms with Crippen molar-refractivity contribution in [3.63, 3.8) is 0 Å². The summed E-state index contributed by atoms with van der Waals surface area (Å²) in [6, 6.07) is 10.7. The standard InChI is InChI=1S/C29H24O7/c1-12-8-15-11-20-19-10-14-9-16(36-3)4-5-17(14)18-6-7-21(31)25(23(18)19)26(32)24(20)28(34)29(15,35)27(33)22(12)13(2)30/h4-7,9-10,15,20,31,34-35H,8,11H2,1-3H3/t15-,20-,29-/m0/s1. The average molecular weight is 485 g/mol. The monoisotopic (exact) mass is 484 g/mol. The van der Waals surface area contributed by atoms with Crippen LogP contribution >= 0.6 is 0 Å². The van der Waals surface area contributed by atoms with E-state index in [4.69, 9.17) is 4.74 Å². The number of aliphatic hydroxyl groups is 2. The van der Waals surface area contributed by atoms with Gasteiger partial charge >= 0.3 is 0 Å². The molecule has 0 saturated carbocycles. The van der Waals surface area contributed by atoms with Crippen LogP contribution in [0.1, 0.15) is 48.5 Å². The molecule has 0 amide bonds. The van der Waals surface area contributed by atoms with Crippen LogP contribution in [0.15, 0.2) is 58.9 Å². The van der Waals surface area contributed by atoms with Crippen molar-refractivity contribution in [2.24, 2.45) is 5.92 Å². The summed E-state index contributed by atoms with van der Waals surface area (Å²) < 4.78 is 5.40. The van der Waals surface area contributed by atoms with E-state index in [2.05, 4.69) is 0 Å². The Bertz CT molecular complexity index is 1640. The highest BCUT2D eigenvalue weighted by molar-refractivity contribution is 6.28. The summed E-state index contributed by atoms with van der Waals surface area (Å²) >= 11 is 0. The van der Waals surface area contributed by atoms with Gasteiger partial charge in [0.15, 0.2) is 17.2 Å². The van der Waals surface area contributed by atoms with Crippen LogP contribution in [0.3, 0.4) is 0 Å². The molecule has 7 heteroatoms. The second-order valence-electron chi connectivity index (χ2n) is 10.0. The number of ketones is 3. The predicted molar refractivity (Wildman–Crippen MR) is 132 cm³/mol. The third-order valence-electron chi connectivity index (χ3n) is 8.16. The van der Waals surface area contributed by atoms with Crippen LogP contribution in [0, 0.1) is 5.92 Å². The van der Waals surface area contributed by atoms with Crippen LogP contribution in [-0.4, -0.2) is 45.4 Å². The van der Waals surface area contributed by atoms with E-state index in [-0.39, 0.29) is 35.3 Å². The lowest BCUT2D eigenvalue weighted by Crippen LogP contribution is -2.55. The van der Waals surface area contributed by atoms with Gasteiger partial charge in [-0.15, -0.1) is 0 Å². The van der Waals surface area contributed by atoms with Crippen molar-refractivity contribution in [2.75, 3.05) is 7.11 Å². The van der Waals surface area contributed by atoms with Gasteiger partial charge in [0.05, 0.1) is 18.2 Å².